The normalized spacial score (nSPS) is 17.7. The van der Waals surface area contributed by atoms with E-state index in [9.17, 15) is 9.59 Å². The molecule has 2 amide bonds. The summed E-state index contributed by atoms with van der Waals surface area (Å²) in [5, 5.41) is 16.9. The molecule has 0 bridgehead atoms. The van der Waals surface area contributed by atoms with Crippen LogP contribution in [0.2, 0.25) is 0 Å². The van der Waals surface area contributed by atoms with Crippen LogP contribution in [0, 0.1) is 0 Å². The first-order valence-electron chi connectivity index (χ1n) is 11.1. The summed E-state index contributed by atoms with van der Waals surface area (Å²) in [7, 11) is 4.56. The number of hydrogen-bond donors (Lipinski definition) is 2. The van der Waals surface area contributed by atoms with Crippen LogP contribution in [0.3, 0.4) is 0 Å². The second-order valence-corrected chi connectivity index (χ2v) is 7.84. The molecule has 11 nitrogen and oxygen atoms in total. The number of anilines is 1. The fraction of sp³-hybridized carbons (Fsp3) is 0.240. The van der Waals surface area contributed by atoms with Gasteiger partial charge in [-0.15, -0.1) is 0 Å². The van der Waals surface area contributed by atoms with E-state index in [-0.39, 0.29) is 12.1 Å². The van der Waals surface area contributed by atoms with Crippen molar-refractivity contribution in [2.75, 3.05) is 26.6 Å². The number of fused-ring (bicyclic) bond motifs is 1. The van der Waals surface area contributed by atoms with Gasteiger partial charge in [-0.2, -0.15) is 10.2 Å². The first-order chi connectivity index (χ1) is 17.5. The summed E-state index contributed by atoms with van der Waals surface area (Å²) in [6, 6.07) is 10.3. The summed E-state index contributed by atoms with van der Waals surface area (Å²) < 4.78 is 15.8. The van der Waals surface area contributed by atoms with Crippen molar-refractivity contribution in [1.29, 1.82) is 0 Å². The van der Waals surface area contributed by atoms with E-state index in [0.717, 1.165) is 5.56 Å². The van der Waals surface area contributed by atoms with Gasteiger partial charge in [0.05, 0.1) is 45.8 Å². The fourth-order valence-electron chi connectivity index (χ4n) is 3.76. The third kappa shape index (κ3) is 5.52. The summed E-state index contributed by atoms with van der Waals surface area (Å²) in [6.45, 7) is 0.478. The number of ether oxygens (including phenoxy) is 3. The Morgan fingerprint density at radius 1 is 1.00 bits per heavy atom. The van der Waals surface area contributed by atoms with Gasteiger partial charge in [0, 0.05) is 11.6 Å². The van der Waals surface area contributed by atoms with Crippen LogP contribution in [0.25, 0.3) is 0 Å². The molecule has 0 spiro atoms. The maximum absolute atomic E-state index is 12.3. The molecule has 0 aromatic heterocycles. The number of benzene rings is 2. The average molecular weight is 491 g/mol. The minimum absolute atomic E-state index is 0.00461. The topological polar surface area (TPSA) is 126 Å². The van der Waals surface area contributed by atoms with E-state index < -0.39 is 11.8 Å². The van der Waals surface area contributed by atoms with Crippen molar-refractivity contribution < 1.29 is 23.8 Å². The van der Waals surface area contributed by atoms with Crippen LogP contribution in [-0.2, 0) is 16.1 Å². The van der Waals surface area contributed by atoms with Crippen molar-refractivity contribution in [2.24, 2.45) is 15.4 Å². The van der Waals surface area contributed by atoms with Crippen molar-refractivity contribution >= 4 is 23.7 Å². The first kappa shape index (κ1) is 24.5. The number of amides is 2. The second kappa shape index (κ2) is 11.2. The Bertz CT molecular complexity index is 1260. The molecule has 2 aliphatic rings. The largest absolute Gasteiger partial charge is 0.497 e. The SMILES string of the molecule is COc1ccc(NC(=O)C(=O)N/N=C/c2ccc(OC)c(CN3N=NC4C=CC=CC43)c2)c(OC)c1. The van der Waals surface area contributed by atoms with Gasteiger partial charge >= 0.3 is 11.8 Å². The molecule has 4 rings (SSSR count). The highest BCUT2D eigenvalue weighted by Crippen LogP contribution is 2.29. The van der Waals surface area contributed by atoms with Crippen molar-refractivity contribution in [1.82, 2.24) is 10.4 Å². The number of methoxy groups -OCH3 is 3. The van der Waals surface area contributed by atoms with Gasteiger partial charge in [0.1, 0.15) is 23.3 Å². The lowest BCUT2D eigenvalue weighted by molar-refractivity contribution is -0.136. The number of allylic oxidation sites excluding steroid dienone is 2. The van der Waals surface area contributed by atoms with Gasteiger partial charge < -0.3 is 19.5 Å². The maximum atomic E-state index is 12.3. The Hall–Kier alpha value is -4.67. The Morgan fingerprint density at radius 2 is 1.81 bits per heavy atom. The number of nitrogens with zero attached hydrogens (tertiary/aromatic N) is 4. The van der Waals surface area contributed by atoms with Gasteiger partial charge in [-0.05, 0) is 35.9 Å². The molecule has 0 saturated carbocycles. The number of hydrazone groups is 1. The average Bonchev–Trinajstić information content (AvgIpc) is 3.31. The number of hydrogen-bond acceptors (Lipinski definition) is 9. The van der Waals surface area contributed by atoms with E-state index in [1.807, 2.05) is 35.4 Å². The molecule has 186 valence electrons. The van der Waals surface area contributed by atoms with Gasteiger partial charge in [-0.3, -0.25) is 14.6 Å². The van der Waals surface area contributed by atoms with Crippen LogP contribution in [0.5, 0.6) is 17.2 Å². The zero-order valence-corrected chi connectivity index (χ0v) is 20.0. The number of carbonyl (C=O) groups excluding carboxylic acids is 2. The summed E-state index contributed by atoms with van der Waals surface area (Å²) in [4.78, 5) is 24.5. The van der Waals surface area contributed by atoms with Crippen molar-refractivity contribution in [3.63, 3.8) is 0 Å². The standard InChI is InChI=1S/C25H26N6O5/c1-34-18-9-10-20(23(13-18)36-3)27-24(32)25(33)29-26-14-16-8-11-22(35-2)17(12-16)15-31-21-7-5-4-6-19(21)28-30-31/h4-14,19,21H,15H2,1-3H3,(H,27,32)(H,29,33)/b26-14+. The summed E-state index contributed by atoms with van der Waals surface area (Å²) in [6.07, 6.45) is 9.46. The molecule has 2 aromatic carbocycles. The van der Waals surface area contributed by atoms with Crippen LogP contribution >= 0.6 is 0 Å². The molecule has 36 heavy (non-hydrogen) atoms. The number of carbonyl (C=O) groups is 2. The second-order valence-electron chi connectivity index (χ2n) is 7.84. The molecular formula is C25H26N6O5. The predicted octanol–water partition coefficient (Wildman–Crippen LogP) is 2.85. The Labute approximate surface area is 208 Å². The van der Waals surface area contributed by atoms with Crippen LogP contribution < -0.4 is 25.0 Å². The van der Waals surface area contributed by atoms with E-state index in [1.54, 1.807) is 31.4 Å². The highest BCUT2D eigenvalue weighted by atomic mass is 16.5. The Kier molecular flexibility index (Phi) is 7.59. The lowest BCUT2D eigenvalue weighted by Crippen LogP contribution is -2.32. The molecule has 2 aromatic rings. The van der Waals surface area contributed by atoms with Gasteiger partial charge in [-0.1, -0.05) is 29.5 Å². The summed E-state index contributed by atoms with van der Waals surface area (Å²) in [5.74, 6) is -0.225. The Morgan fingerprint density at radius 3 is 2.58 bits per heavy atom. The molecule has 1 aliphatic carbocycles. The molecule has 2 N–H and O–H groups in total. The minimum Gasteiger partial charge on any atom is -0.497 e. The Balaban J connectivity index is 1.38. The van der Waals surface area contributed by atoms with Gasteiger partial charge in [0.2, 0.25) is 0 Å². The van der Waals surface area contributed by atoms with Crippen molar-refractivity contribution in [3.8, 4) is 17.2 Å². The zero-order chi connectivity index (χ0) is 25.5. The molecule has 2 unspecified atom stereocenters. The van der Waals surface area contributed by atoms with E-state index >= 15 is 0 Å². The molecule has 0 radical (unpaired) electrons. The summed E-state index contributed by atoms with van der Waals surface area (Å²) in [5.41, 5.74) is 4.13. The highest BCUT2D eigenvalue weighted by molar-refractivity contribution is 6.39. The molecule has 1 heterocycles. The molecule has 11 heteroatoms. The van der Waals surface area contributed by atoms with E-state index in [0.29, 0.717) is 35.0 Å². The zero-order valence-electron chi connectivity index (χ0n) is 20.0. The fourth-order valence-corrected chi connectivity index (χ4v) is 3.76. The molecular weight excluding hydrogens is 464 g/mol. The molecule has 1 aliphatic heterocycles. The number of rotatable bonds is 8. The minimum atomic E-state index is -0.932. The number of nitrogens with one attached hydrogen (secondary N) is 2. The summed E-state index contributed by atoms with van der Waals surface area (Å²) >= 11 is 0. The van der Waals surface area contributed by atoms with Crippen LogP contribution in [-0.4, -0.2) is 56.5 Å². The third-order valence-electron chi connectivity index (χ3n) is 5.60. The molecule has 2 atom stereocenters. The van der Waals surface area contributed by atoms with Crippen LogP contribution in [0.1, 0.15) is 11.1 Å². The predicted molar refractivity (Wildman–Crippen MR) is 133 cm³/mol. The van der Waals surface area contributed by atoms with Crippen molar-refractivity contribution in [2.45, 2.75) is 18.6 Å². The smallest absolute Gasteiger partial charge is 0.329 e. The van der Waals surface area contributed by atoms with E-state index in [4.69, 9.17) is 14.2 Å². The lowest BCUT2D eigenvalue weighted by atomic mass is 10.0. The van der Waals surface area contributed by atoms with Crippen LogP contribution in [0.15, 0.2) is 76.1 Å². The lowest BCUT2D eigenvalue weighted by Gasteiger charge is -2.24. The van der Waals surface area contributed by atoms with E-state index in [2.05, 4.69) is 32.3 Å². The maximum Gasteiger partial charge on any atom is 0.329 e. The van der Waals surface area contributed by atoms with Crippen molar-refractivity contribution in [3.05, 3.63) is 71.8 Å². The monoisotopic (exact) mass is 490 g/mol. The third-order valence-corrected chi connectivity index (χ3v) is 5.60. The van der Waals surface area contributed by atoms with Gasteiger partial charge in [-0.25, -0.2) is 5.43 Å². The first-order valence-corrected chi connectivity index (χ1v) is 11.1. The van der Waals surface area contributed by atoms with E-state index in [1.165, 1.54) is 20.4 Å². The van der Waals surface area contributed by atoms with Gasteiger partial charge in [0.25, 0.3) is 0 Å². The highest BCUT2D eigenvalue weighted by Gasteiger charge is 2.30. The quantitative estimate of drug-likeness (QED) is 0.333. The molecule has 0 saturated heterocycles. The molecule has 0 fully saturated rings. The van der Waals surface area contributed by atoms with Crippen LogP contribution in [0.4, 0.5) is 5.69 Å². The van der Waals surface area contributed by atoms with Gasteiger partial charge in [0.15, 0.2) is 0 Å².